The summed E-state index contributed by atoms with van der Waals surface area (Å²) in [4.78, 5) is 25.7. The molecule has 24 heavy (non-hydrogen) atoms. The number of benzene rings is 1. The van der Waals surface area contributed by atoms with Gasteiger partial charge >= 0.3 is 11.7 Å². The number of amides is 2. The maximum atomic E-state index is 12.1. The third kappa shape index (κ3) is 3.94. The van der Waals surface area contributed by atoms with Gasteiger partial charge in [0.05, 0.1) is 0 Å². The molecule has 3 rings (SSSR count). The van der Waals surface area contributed by atoms with Gasteiger partial charge in [-0.2, -0.15) is 0 Å². The van der Waals surface area contributed by atoms with Crippen molar-refractivity contribution in [3.05, 3.63) is 40.8 Å². The van der Waals surface area contributed by atoms with Crippen LogP contribution in [0.25, 0.3) is 11.0 Å². The molecule has 1 aromatic carbocycles. The summed E-state index contributed by atoms with van der Waals surface area (Å²) in [6.45, 7) is 7.21. The average Bonchev–Trinajstić information content (AvgIpc) is 3.02. The van der Waals surface area contributed by atoms with Crippen molar-refractivity contribution in [3.8, 4) is 0 Å². The first-order chi connectivity index (χ1) is 11.5. The van der Waals surface area contributed by atoms with E-state index >= 15 is 0 Å². The van der Waals surface area contributed by atoms with Crippen molar-refractivity contribution < 1.29 is 9.21 Å². The van der Waals surface area contributed by atoms with Gasteiger partial charge in [0, 0.05) is 36.3 Å². The summed E-state index contributed by atoms with van der Waals surface area (Å²) in [6, 6.07) is 8.59. The number of nitrogens with zero attached hydrogens (tertiary/aromatic N) is 1. The van der Waals surface area contributed by atoms with Crippen molar-refractivity contribution in [2.75, 3.05) is 25.0 Å². The average molecular weight is 329 g/mol. The Hall–Kier alpha value is -2.34. The lowest BCUT2D eigenvalue weighted by molar-refractivity contribution is 0.247. The van der Waals surface area contributed by atoms with Crippen LogP contribution in [0.5, 0.6) is 0 Å². The van der Waals surface area contributed by atoms with Crippen LogP contribution in [0.2, 0.25) is 0 Å². The van der Waals surface area contributed by atoms with E-state index in [2.05, 4.69) is 29.4 Å². The summed E-state index contributed by atoms with van der Waals surface area (Å²) < 4.78 is 5.08. The Morgan fingerprint density at radius 2 is 2.17 bits per heavy atom. The molecule has 1 saturated heterocycles. The number of hydrogen-bond donors (Lipinski definition) is 2. The number of urea groups is 1. The van der Waals surface area contributed by atoms with Crippen molar-refractivity contribution in [2.45, 2.75) is 26.3 Å². The van der Waals surface area contributed by atoms with Crippen LogP contribution in [0.4, 0.5) is 10.5 Å². The van der Waals surface area contributed by atoms with E-state index in [0.29, 0.717) is 29.8 Å². The Morgan fingerprint density at radius 3 is 2.92 bits per heavy atom. The van der Waals surface area contributed by atoms with E-state index < -0.39 is 0 Å². The first-order valence-corrected chi connectivity index (χ1v) is 8.34. The van der Waals surface area contributed by atoms with Crippen LogP contribution in [-0.2, 0) is 0 Å². The summed E-state index contributed by atoms with van der Waals surface area (Å²) in [5.74, 6) is 0.504. The van der Waals surface area contributed by atoms with Crippen LogP contribution in [0, 0.1) is 5.92 Å². The first kappa shape index (κ1) is 16.5. The molecule has 2 aromatic rings. The monoisotopic (exact) mass is 329 g/mol. The SMILES string of the molecule is CC(C)N1CC[C@@H](CNC(=O)Nc2ccc3oc(=O)ccc3c2)C1. The molecule has 0 spiro atoms. The van der Waals surface area contributed by atoms with E-state index in [0.717, 1.165) is 24.9 Å². The highest BCUT2D eigenvalue weighted by Crippen LogP contribution is 2.19. The predicted octanol–water partition coefficient (Wildman–Crippen LogP) is 2.64. The van der Waals surface area contributed by atoms with Gasteiger partial charge < -0.3 is 20.0 Å². The number of anilines is 1. The molecule has 1 atom stereocenters. The van der Waals surface area contributed by atoms with Gasteiger partial charge in [-0.25, -0.2) is 9.59 Å². The van der Waals surface area contributed by atoms with Crippen LogP contribution in [0.15, 0.2) is 39.5 Å². The Bertz CT molecular complexity index is 784. The number of carbonyl (C=O) groups is 1. The summed E-state index contributed by atoms with van der Waals surface area (Å²) in [5.41, 5.74) is 0.797. The molecule has 2 amide bonds. The van der Waals surface area contributed by atoms with E-state index in [4.69, 9.17) is 4.42 Å². The Labute approximate surface area is 140 Å². The van der Waals surface area contributed by atoms with Crippen LogP contribution in [0.3, 0.4) is 0 Å². The topological polar surface area (TPSA) is 74.6 Å². The van der Waals surface area contributed by atoms with E-state index in [1.165, 1.54) is 6.07 Å². The molecule has 6 nitrogen and oxygen atoms in total. The second kappa shape index (κ2) is 7.05. The van der Waals surface area contributed by atoms with Crippen molar-refractivity contribution >= 4 is 22.7 Å². The number of hydrogen-bond acceptors (Lipinski definition) is 4. The normalized spacial score (nSPS) is 18.2. The van der Waals surface area contributed by atoms with Crippen LogP contribution in [0.1, 0.15) is 20.3 Å². The standard InChI is InChI=1S/C18H23N3O3/c1-12(2)21-8-7-13(11-21)10-19-18(23)20-15-4-5-16-14(9-15)3-6-17(22)24-16/h3-6,9,12-13H,7-8,10-11H2,1-2H3,(H2,19,20,23)/t13-/m0/s1. The zero-order valence-corrected chi connectivity index (χ0v) is 14.0. The van der Waals surface area contributed by atoms with E-state index in [1.54, 1.807) is 24.3 Å². The molecule has 2 N–H and O–H groups in total. The summed E-state index contributed by atoms with van der Waals surface area (Å²) >= 11 is 0. The third-order valence-electron chi connectivity index (χ3n) is 4.48. The molecule has 1 aliphatic heterocycles. The van der Waals surface area contributed by atoms with Gasteiger partial charge in [-0.15, -0.1) is 0 Å². The van der Waals surface area contributed by atoms with Crippen molar-refractivity contribution in [3.63, 3.8) is 0 Å². The van der Waals surface area contributed by atoms with E-state index in [9.17, 15) is 9.59 Å². The van der Waals surface area contributed by atoms with Gasteiger partial charge in [-0.3, -0.25) is 0 Å². The second-order valence-corrected chi connectivity index (χ2v) is 6.59. The zero-order valence-electron chi connectivity index (χ0n) is 14.0. The first-order valence-electron chi connectivity index (χ1n) is 8.34. The molecular weight excluding hydrogens is 306 g/mol. The highest BCUT2D eigenvalue weighted by molar-refractivity contribution is 5.92. The summed E-state index contributed by atoms with van der Waals surface area (Å²) in [7, 11) is 0. The van der Waals surface area contributed by atoms with Crippen molar-refractivity contribution in [1.82, 2.24) is 10.2 Å². The highest BCUT2D eigenvalue weighted by Gasteiger charge is 2.24. The van der Waals surface area contributed by atoms with Gasteiger partial charge in [0.2, 0.25) is 0 Å². The molecule has 2 heterocycles. The Kier molecular flexibility index (Phi) is 4.85. The maximum absolute atomic E-state index is 12.1. The zero-order chi connectivity index (χ0) is 17.1. The fraction of sp³-hybridized carbons (Fsp3) is 0.444. The maximum Gasteiger partial charge on any atom is 0.336 e. The fourth-order valence-corrected chi connectivity index (χ4v) is 3.06. The molecule has 6 heteroatoms. The van der Waals surface area contributed by atoms with Gasteiger partial charge in [-0.1, -0.05) is 0 Å². The molecule has 1 aliphatic rings. The largest absolute Gasteiger partial charge is 0.423 e. The lowest BCUT2D eigenvalue weighted by Gasteiger charge is -2.20. The van der Waals surface area contributed by atoms with Crippen LogP contribution >= 0.6 is 0 Å². The molecule has 128 valence electrons. The predicted molar refractivity (Wildman–Crippen MR) is 94.3 cm³/mol. The Morgan fingerprint density at radius 1 is 1.33 bits per heavy atom. The molecule has 0 radical (unpaired) electrons. The third-order valence-corrected chi connectivity index (χ3v) is 4.48. The number of nitrogens with one attached hydrogen (secondary N) is 2. The molecule has 1 fully saturated rings. The lowest BCUT2D eigenvalue weighted by atomic mass is 10.1. The summed E-state index contributed by atoms with van der Waals surface area (Å²) in [6.07, 6.45) is 1.12. The minimum atomic E-state index is -0.382. The van der Waals surface area contributed by atoms with Gasteiger partial charge in [0.25, 0.3) is 0 Å². The van der Waals surface area contributed by atoms with Gasteiger partial charge in [-0.05, 0) is 57.0 Å². The van der Waals surface area contributed by atoms with E-state index in [-0.39, 0.29) is 11.7 Å². The number of rotatable bonds is 4. The number of fused-ring (bicyclic) bond motifs is 1. The van der Waals surface area contributed by atoms with E-state index in [1.807, 2.05) is 0 Å². The lowest BCUT2D eigenvalue weighted by Crippen LogP contribution is -2.35. The Balaban J connectivity index is 1.53. The quantitative estimate of drug-likeness (QED) is 0.846. The molecule has 1 aromatic heterocycles. The second-order valence-electron chi connectivity index (χ2n) is 6.59. The van der Waals surface area contributed by atoms with Gasteiger partial charge in [0.15, 0.2) is 0 Å². The molecule has 0 bridgehead atoms. The number of likely N-dealkylation sites (tertiary alicyclic amines) is 1. The molecule has 0 aliphatic carbocycles. The smallest absolute Gasteiger partial charge is 0.336 e. The van der Waals surface area contributed by atoms with Crippen molar-refractivity contribution in [1.29, 1.82) is 0 Å². The number of carbonyl (C=O) groups excluding carboxylic acids is 1. The molecule has 0 unspecified atom stereocenters. The van der Waals surface area contributed by atoms with Gasteiger partial charge in [0.1, 0.15) is 5.58 Å². The fourth-order valence-electron chi connectivity index (χ4n) is 3.06. The van der Waals surface area contributed by atoms with Crippen LogP contribution < -0.4 is 16.3 Å². The highest BCUT2D eigenvalue weighted by atomic mass is 16.4. The molecular formula is C18H23N3O3. The van der Waals surface area contributed by atoms with Crippen LogP contribution in [-0.4, -0.2) is 36.6 Å². The summed E-state index contributed by atoms with van der Waals surface area (Å²) in [5, 5.41) is 6.54. The molecule has 0 saturated carbocycles. The van der Waals surface area contributed by atoms with Crippen molar-refractivity contribution in [2.24, 2.45) is 5.92 Å². The minimum Gasteiger partial charge on any atom is -0.423 e. The minimum absolute atomic E-state index is 0.213.